The number of phosphoric ester groups is 1. The van der Waals surface area contributed by atoms with Gasteiger partial charge in [-0.25, -0.2) is 4.57 Å². The molecule has 0 aromatic carbocycles. The van der Waals surface area contributed by atoms with Crippen LogP contribution >= 0.6 is 7.82 Å². The van der Waals surface area contributed by atoms with Crippen molar-refractivity contribution in [2.24, 2.45) is 0 Å². The quantitative estimate of drug-likeness (QED) is 0.0164. The van der Waals surface area contributed by atoms with Crippen LogP contribution in [0.3, 0.4) is 0 Å². The number of carbonyl (C=O) groups is 1. The molecule has 0 aromatic rings. The van der Waals surface area contributed by atoms with E-state index >= 15 is 0 Å². The molecule has 55 heavy (non-hydrogen) atoms. The summed E-state index contributed by atoms with van der Waals surface area (Å²) in [6, 6.07) is 0. The lowest BCUT2D eigenvalue weighted by Crippen LogP contribution is -2.37. The topological polar surface area (TPSA) is 91.3 Å². The molecule has 0 bridgehead atoms. The Labute approximate surface area is 341 Å². The van der Waals surface area contributed by atoms with E-state index in [0.29, 0.717) is 17.4 Å². The number of phosphoric acid groups is 1. The average molecular weight is 801 g/mol. The lowest BCUT2D eigenvalue weighted by Gasteiger charge is -2.24. The number of quaternary nitrogens is 1. The zero-order chi connectivity index (χ0) is 40.6. The largest absolute Gasteiger partial charge is 0.498 e. The van der Waals surface area contributed by atoms with Crippen LogP contribution in [-0.4, -0.2) is 69.0 Å². The molecule has 8 nitrogen and oxygen atoms in total. The van der Waals surface area contributed by atoms with E-state index in [4.69, 9.17) is 18.5 Å². The first-order valence-electron chi connectivity index (χ1n) is 23.1. The highest BCUT2D eigenvalue weighted by Crippen LogP contribution is 2.43. The molecule has 1 unspecified atom stereocenters. The molecule has 9 heteroatoms. The molecule has 0 spiro atoms. The highest BCUT2D eigenvalue weighted by molar-refractivity contribution is 7.47. The van der Waals surface area contributed by atoms with Crippen molar-refractivity contribution >= 4 is 13.8 Å². The summed E-state index contributed by atoms with van der Waals surface area (Å²) in [4.78, 5) is 22.9. The van der Waals surface area contributed by atoms with Crippen LogP contribution in [0.2, 0.25) is 0 Å². The number of nitrogens with zero attached hydrogens (tertiary/aromatic N) is 1. The van der Waals surface area contributed by atoms with Gasteiger partial charge in [-0.3, -0.25) is 13.8 Å². The van der Waals surface area contributed by atoms with E-state index in [9.17, 15) is 14.3 Å². The minimum atomic E-state index is -4.29. The van der Waals surface area contributed by atoms with Crippen LogP contribution in [0, 0.1) is 0 Å². The predicted molar refractivity (Wildman–Crippen MR) is 233 cm³/mol. The second kappa shape index (κ2) is 39.6. The second-order valence-electron chi connectivity index (χ2n) is 16.9. The van der Waals surface area contributed by atoms with Crippen LogP contribution in [0.5, 0.6) is 0 Å². The van der Waals surface area contributed by atoms with Crippen LogP contribution in [0.4, 0.5) is 0 Å². The van der Waals surface area contributed by atoms with Crippen molar-refractivity contribution < 1.29 is 37.3 Å². The van der Waals surface area contributed by atoms with E-state index in [1.807, 2.05) is 27.2 Å². The number of hydrogen-bond acceptors (Lipinski definition) is 6. The summed E-state index contributed by atoms with van der Waals surface area (Å²) < 4.78 is 34.8. The molecular formula is C46H91NO7P+. The van der Waals surface area contributed by atoms with Gasteiger partial charge in [0, 0.05) is 6.42 Å². The second-order valence-corrected chi connectivity index (χ2v) is 18.3. The highest BCUT2D eigenvalue weighted by atomic mass is 31.2. The fourth-order valence-corrected chi connectivity index (χ4v) is 7.20. The molecule has 1 N–H and O–H groups in total. The SMILES string of the molecule is CCCCCCCC/C=C/CCCCCCCCCC(=O)O[C@H](CO/C=C/CCCCCCCCCCCCCCCC)COP(=O)(O)OCC[N+](C)(C)C. The van der Waals surface area contributed by atoms with E-state index < -0.39 is 13.9 Å². The van der Waals surface area contributed by atoms with E-state index in [0.717, 1.165) is 32.1 Å². The van der Waals surface area contributed by atoms with Crippen LogP contribution in [-0.2, 0) is 27.9 Å². The van der Waals surface area contributed by atoms with Gasteiger partial charge < -0.3 is 18.9 Å². The van der Waals surface area contributed by atoms with Gasteiger partial charge in [0.2, 0.25) is 0 Å². The molecule has 0 amide bonds. The normalized spacial score (nSPS) is 13.9. The number of carbonyl (C=O) groups excluding carboxylic acids is 1. The Morgan fingerprint density at radius 1 is 0.564 bits per heavy atom. The van der Waals surface area contributed by atoms with Gasteiger partial charge in [-0.1, -0.05) is 174 Å². The molecule has 0 aromatic heterocycles. The first-order valence-corrected chi connectivity index (χ1v) is 24.6. The molecule has 0 rings (SSSR count). The number of ether oxygens (including phenoxy) is 2. The number of rotatable bonds is 43. The number of esters is 1. The molecule has 0 aliphatic rings. The van der Waals surface area contributed by atoms with Gasteiger partial charge in [-0.2, -0.15) is 0 Å². The Balaban J connectivity index is 4.25. The molecule has 0 saturated carbocycles. The van der Waals surface area contributed by atoms with Crippen molar-refractivity contribution in [3.8, 4) is 0 Å². The summed E-state index contributed by atoms with van der Waals surface area (Å²) in [6.07, 6.45) is 45.9. The van der Waals surface area contributed by atoms with E-state index in [-0.39, 0.29) is 25.8 Å². The Kier molecular flexibility index (Phi) is 38.8. The fraction of sp³-hybridized carbons (Fsp3) is 0.891. The minimum Gasteiger partial charge on any atom is -0.498 e. The standard InChI is InChI=1S/C46H90NO7P/c1-6-8-10-12-14-16-18-20-22-24-25-27-29-31-33-35-37-39-46(48)54-45(44-53-55(49,50)52-42-40-47(3,4)5)43-51-41-38-36-34-32-30-28-26-23-21-19-17-15-13-11-9-7-2/h20,22,38,41,45H,6-19,21,23-37,39-40,42-44H2,1-5H3/p+1/b22-20+,41-38+/t45-/m1/s1. The van der Waals surface area contributed by atoms with Gasteiger partial charge in [0.25, 0.3) is 0 Å². The first kappa shape index (κ1) is 53.8. The Hall–Kier alpha value is -1.18. The first-order chi connectivity index (χ1) is 26.6. The van der Waals surface area contributed by atoms with Gasteiger partial charge in [0.1, 0.15) is 19.8 Å². The average Bonchev–Trinajstić information content (AvgIpc) is 3.13. The maximum absolute atomic E-state index is 12.7. The third-order valence-electron chi connectivity index (χ3n) is 10.1. The van der Waals surface area contributed by atoms with Crippen molar-refractivity contribution in [3.05, 3.63) is 24.5 Å². The summed E-state index contributed by atoms with van der Waals surface area (Å²) in [5, 5.41) is 0. The van der Waals surface area contributed by atoms with Crippen molar-refractivity contribution in [1.82, 2.24) is 0 Å². The third-order valence-corrected chi connectivity index (χ3v) is 11.1. The van der Waals surface area contributed by atoms with Crippen molar-refractivity contribution in [2.45, 2.75) is 219 Å². The Morgan fingerprint density at radius 2 is 0.964 bits per heavy atom. The lowest BCUT2D eigenvalue weighted by atomic mass is 10.0. The molecular weight excluding hydrogens is 709 g/mol. The summed E-state index contributed by atoms with van der Waals surface area (Å²) in [5.41, 5.74) is 0. The maximum Gasteiger partial charge on any atom is 0.472 e. The summed E-state index contributed by atoms with van der Waals surface area (Å²) in [6.45, 7) is 4.95. The number of allylic oxidation sites excluding steroid dienone is 3. The number of hydrogen-bond donors (Lipinski definition) is 1. The van der Waals surface area contributed by atoms with Crippen molar-refractivity contribution in [3.63, 3.8) is 0 Å². The Bertz CT molecular complexity index is 936. The molecule has 0 saturated heterocycles. The molecule has 0 aliphatic heterocycles. The van der Waals surface area contributed by atoms with Gasteiger partial charge in [0.15, 0.2) is 6.10 Å². The highest BCUT2D eigenvalue weighted by Gasteiger charge is 2.26. The zero-order valence-corrected chi connectivity index (χ0v) is 37.8. The monoisotopic (exact) mass is 801 g/mol. The van der Waals surface area contributed by atoms with Crippen molar-refractivity contribution in [2.75, 3.05) is 47.5 Å². The summed E-state index contributed by atoms with van der Waals surface area (Å²) >= 11 is 0. The summed E-state index contributed by atoms with van der Waals surface area (Å²) in [7, 11) is 1.64. The van der Waals surface area contributed by atoms with Gasteiger partial charge in [0.05, 0.1) is 34.0 Å². The third kappa shape index (κ3) is 43.8. The van der Waals surface area contributed by atoms with Gasteiger partial charge >= 0.3 is 13.8 Å². The van der Waals surface area contributed by atoms with Crippen LogP contribution in [0.1, 0.15) is 213 Å². The molecule has 326 valence electrons. The molecule has 0 radical (unpaired) electrons. The van der Waals surface area contributed by atoms with Gasteiger partial charge in [-0.15, -0.1) is 0 Å². The van der Waals surface area contributed by atoms with Crippen LogP contribution in [0.15, 0.2) is 24.5 Å². The van der Waals surface area contributed by atoms with Crippen LogP contribution < -0.4 is 0 Å². The van der Waals surface area contributed by atoms with Crippen LogP contribution in [0.25, 0.3) is 0 Å². The van der Waals surface area contributed by atoms with Gasteiger partial charge in [-0.05, 0) is 51.0 Å². The van der Waals surface area contributed by atoms with E-state index in [2.05, 4.69) is 26.0 Å². The maximum atomic E-state index is 12.7. The van der Waals surface area contributed by atoms with E-state index in [1.54, 1.807) is 6.26 Å². The number of likely N-dealkylation sites (N-methyl/N-ethyl adjacent to an activating group) is 1. The lowest BCUT2D eigenvalue weighted by molar-refractivity contribution is -0.870. The zero-order valence-electron chi connectivity index (χ0n) is 36.9. The molecule has 0 aliphatic carbocycles. The molecule has 0 fully saturated rings. The Morgan fingerprint density at radius 3 is 1.40 bits per heavy atom. The van der Waals surface area contributed by atoms with E-state index in [1.165, 1.54) is 161 Å². The fourth-order valence-electron chi connectivity index (χ4n) is 6.45. The number of unbranched alkanes of at least 4 members (excludes halogenated alkanes) is 27. The molecule has 2 atom stereocenters. The molecule has 0 heterocycles. The van der Waals surface area contributed by atoms with Crippen molar-refractivity contribution in [1.29, 1.82) is 0 Å². The minimum absolute atomic E-state index is 0.0497. The summed E-state index contributed by atoms with van der Waals surface area (Å²) in [5.74, 6) is -0.338. The smallest absolute Gasteiger partial charge is 0.472 e. The predicted octanol–water partition coefficient (Wildman–Crippen LogP) is 14.0.